The van der Waals surface area contributed by atoms with E-state index in [-0.39, 0.29) is 0 Å². The Labute approximate surface area is 63.8 Å². The summed E-state index contributed by atoms with van der Waals surface area (Å²) in [5, 5.41) is 8.47. The monoisotopic (exact) mass is 146 g/mol. The molecule has 0 heterocycles. The first kappa shape index (κ1) is 9.92. The summed E-state index contributed by atoms with van der Waals surface area (Å²) in [6, 6.07) is 0. The molecular formula is C8H20NO+. The van der Waals surface area contributed by atoms with Crippen LogP contribution in [0.4, 0.5) is 0 Å². The van der Waals surface area contributed by atoms with Gasteiger partial charge in [0.25, 0.3) is 0 Å². The van der Waals surface area contributed by atoms with Crippen LogP contribution < -0.4 is 4.90 Å². The molecule has 0 aliphatic rings. The van der Waals surface area contributed by atoms with Crippen LogP contribution >= 0.6 is 0 Å². The zero-order valence-corrected chi connectivity index (χ0v) is 7.19. The molecule has 0 aromatic heterocycles. The molecule has 0 amide bonds. The number of hydrogen-bond donors (Lipinski definition) is 2. The van der Waals surface area contributed by atoms with Gasteiger partial charge in [-0.25, -0.2) is 0 Å². The predicted molar refractivity (Wildman–Crippen MR) is 43.2 cm³/mol. The van der Waals surface area contributed by atoms with E-state index in [9.17, 15) is 0 Å². The summed E-state index contributed by atoms with van der Waals surface area (Å²) in [4.78, 5) is 1.52. The number of quaternary nitrogens is 1. The van der Waals surface area contributed by atoms with E-state index < -0.39 is 0 Å². The van der Waals surface area contributed by atoms with Gasteiger partial charge in [-0.3, -0.25) is 0 Å². The Hall–Kier alpha value is -0.0800. The second kappa shape index (κ2) is 7.03. The summed E-state index contributed by atoms with van der Waals surface area (Å²) in [6.07, 6.45) is 4.72. The fraction of sp³-hybridized carbons (Fsp3) is 1.00. The third-order valence-electron chi connectivity index (χ3n) is 1.58. The fourth-order valence-electron chi connectivity index (χ4n) is 0.944. The van der Waals surface area contributed by atoms with Gasteiger partial charge in [0, 0.05) is 6.61 Å². The van der Waals surface area contributed by atoms with Crippen LogP contribution in [0.3, 0.4) is 0 Å². The van der Waals surface area contributed by atoms with Gasteiger partial charge in [0.15, 0.2) is 0 Å². The average molecular weight is 146 g/mol. The number of hydrogen-bond acceptors (Lipinski definition) is 1. The molecule has 0 aliphatic carbocycles. The van der Waals surface area contributed by atoms with Gasteiger partial charge in [0.1, 0.15) is 0 Å². The van der Waals surface area contributed by atoms with E-state index in [1.807, 2.05) is 0 Å². The van der Waals surface area contributed by atoms with Crippen molar-refractivity contribution in [2.24, 2.45) is 0 Å². The van der Waals surface area contributed by atoms with Crippen molar-refractivity contribution in [1.82, 2.24) is 0 Å². The summed E-state index contributed by atoms with van der Waals surface area (Å²) in [5.74, 6) is 0. The van der Waals surface area contributed by atoms with Crippen molar-refractivity contribution in [3.8, 4) is 0 Å². The van der Waals surface area contributed by atoms with Gasteiger partial charge in [-0.15, -0.1) is 0 Å². The van der Waals surface area contributed by atoms with Gasteiger partial charge in [0.05, 0.1) is 20.6 Å². The van der Waals surface area contributed by atoms with Crippen molar-refractivity contribution in [3.63, 3.8) is 0 Å². The SMILES string of the molecule is C[NH+](C)CCCCCCO. The minimum absolute atomic E-state index is 0.356. The molecule has 2 nitrogen and oxygen atoms in total. The second-order valence-electron chi connectivity index (χ2n) is 3.09. The topological polar surface area (TPSA) is 24.7 Å². The molecular weight excluding hydrogens is 126 g/mol. The van der Waals surface area contributed by atoms with Crippen molar-refractivity contribution in [1.29, 1.82) is 0 Å². The Balaban J connectivity index is 2.77. The normalized spacial score (nSPS) is 10.8. The molecule has 0 aromatic carbocycles. The number of unbranched alkanes of at least 4 members (excludes halogenated alkanes) is 3. The van der Waals surface area contributed by atoms with Crippen molar-refractivity contribution in [2.75, 3.05) is 27.2 Å². The number of aliphatic hydroxyl groups excluding tert-OH is 1. The van der Waals surface area contributed by atoms with Gasteiger partial charge in [-0.1, -0.05) is 6.42 Å². The van der Waals surface area contributed by atoms with Crippen LogP contribution in [0.1, 0.15) is 25.7 Å². The van der Waals surface area contributed by atoms with E-state index >= 15 is 0 Å². The van der Waals surface area contributed by atoms with E-state index in [1.54, 1.807) is 0 Å². The maximum Gasteiger partial charge on any atom is 0.0766 e. The highest BCUT2D eigenvalue weighted by atomic mass is 16.2. The molecule has 0 saturated heterocycles. The number of aliphatic hydroxyl groups is 1. The molecule has 0 radical (unpaired) electrons. The quantitative estimate of drug-likeness (QED) is 0.493. The first-order valence-corrected chi connectivity index (χ1v) is 4.17. The summed E-state index contributed by atoms with van der Waals surface area (Å²) < 4.78 is 0. The molecule has 0 spiro atoms. The van der Waals surface area contributed by atoms with Crippen molar-refractivity contribution < 1.29 is 10.0 Å². The van der Waals surface area contributed by atoms with Gasteiger partial charge in [-0.05, 0) is 19.3 Å². The van der Waals surface area contributed by atoms with E-state index in [4.69, 9.17) is 5.11 Å². The largest absolute Gasteiger partial charge is 0.396 e. The molecule has 10 heavy (non-hydrogen) atoms. The van der Waals surface area contributed by atoms with E-state index in [0.29, 0.717) is 6.61 Å². The summed E-state index contributed by atoms with van der Waals surface area (Å²) in [5.41, 5.74) is 0. The van der Waals surface area contributed by atoms with Gasteiger partial charge < -0.3 is 10.0 Å². The number of nitrogens with one attached hydrogen (secondary N) is 1. The minimum Gasteiger partial charge on any atom is -0.396 e. The predicted octanol–water partition coefficient (Wildman–Crippen LogP) is -0.316. The van der Waals surface area contributed by atoms with Crippen LogP contribution in [0.15, 0.2) is 0 Å². The number of rotatable bonds is 6. The van der Waals surface area contributed by atoms with Crippen molar-refractivity contribution in [3.05, 3.63) is 0 Å². The molecule has 0 rings (SSSR count). The third kappa shape index (κ3) is 7.92. The zero-order chi connectivity index (χ0) is 7.82. The molecule has 62 valence electrons. The van der Waals surface area contributed by atoms with Gasteiger partial charge in [-0.2, -0.15) is 0 Å². The molecule has 0 atom stereocenters. The van der Waals surface area contributed by atoms with E-state index in [1.165, 1.54) is 30.7 Å². The van der Waals surface area contributed by atoms with Gasteiger partial charge in [0.2, 0.25) is 0 Å². The summed E-state index contributed by atoms with van der Waals surface area (Å²) in [7, 11) is 4.35. The lowest BCUT2D eigenvalue weighted by molar-refractivity contribution is -0.858. The molecule has 0 aromatic rings. The fourth-order valence-corrected chi connectivity index (χ4v) is 0.944. The van der Waals surface area contributed by atoms with Crippen LogP contribution in [0, 0.1) is 0 Å². The van der Waals surface area contributed by atoms with Crippen LogP contribution in [0.5, 0.6) is 0 Å². The molecule has 2 N–H and O–H groups in total. The summed E-state index contributed by atoms with van der Waals surface area (Å²) in [6.45, 7) is 1.61. The Morgan fingerprint density at radius 2 is 1.60 bits per heavy atom. The van der Waals surface area contributed by atoms with E-state index in [0.717, 1.165) is 6.42 Å². The third-order valence-corrected chi connectivity index (χ3v) is 1.58. The lowest BCUT2D eigenvalue weighted by Crippen LogP contribution is -3.05. The highest BCUT2D eigenvalue weighted by Crippen LogP contribution is 1.95. The lowest BCUT2D eigenvalue weighted by Gasteiger charge is -2.05. The molecule has 0 aliphatic heterocycles. The maximum absolute atomic E-state index is 8.47. The van der Waals surface area contributed by atoms with Crippen LogP contribution in [0.25, 0.3) is 0 Å². The molecule has 0 saturated carbocycles. The molecule has 2 heteroatoms. The Kier molecular flexibility index (Phi) is 6.98. The van der Waals surface area contributed by atoms with Crippen LogP contribution in [-0.2, 0) is 0 Å². The molecule has 0 fully saturated rings. The maximum atomic E-state index is 8.47. The first-order chi connectivity index (χ1) is 4.77. The van der Waals surface area contributed by atoms with Crippen LogP contribution in [0.2, 0.25) is 0 Å². The van der Waals surface area contributed by atoms with E-state index in [2.05, 4.69) is 14.1 Å². The second-order valence-corrected chi connectivity index (χ2v) is 3.09. The Morgan fingerprint density at radius 3 is 2.10 bits per heavy atom. The Morgan fingerprint density at radius 1 is 1.00 bits per heavy atom. The summed E-state index contributed by atoms with van der Waals surface area (Å²) >= 11 is 0. The van der Waals surface area contributed by atoms with Crippen molar-refractivity contribution >= 4 is 0 Å². The standard InChI is InChI=1S/C8H19NO/c1-9(2)7-5-3-4-6-8-10/h10H,3-8H2,1-2H3/p+1. The van der Waals surface area contributed by atoms with Gasteiger partial charge >= 0.3 is 0 Å². The average Bonchev–Trinajstić information content (AvgIpc) is 1.87. The smallest absolute Gasteiger partial charge is 0.0766 e. The minimum atomic E-state index is 0.356. The highest BCUT2D eigenvalue weighted by molar-refractivity contribution is 4.39. The molecule has 0 bridgehead atoms. The molecule has 0 unspecified atom stereocenters. The Bertz CT molecular complexity index is 64.3. The zero-order valence-electron chi connectivity index (χ0n) is 7.19. The highest BCUT2D eigenvalue weighted by Gasteiger charge is 1.92. The lowest BCUT2D eigenvalue weighted by atomic mass is 10.2. The van der Waals surface area contributed by atoms with Crippen LogP contribution in [-0.4, -0.2) is 32.4 Å². The van der Waals surface area contributed by atoms with Crippen molar-refractivity contribution in [2.45, 2.75) is 25.7 Å². The first-order valence-electron chi connectivity index (χ1n) is 4.17.